The number of nitrogens with one attached hydrogen (secondary N) is 1. The zero-order chi connectivity index (χ0) is 10.8. The van der Waals surface area contributed by atoms with Gasteiger partial charge < -0.3 is 11.1 Å². The van der Waals surface area contributed by atoms with E-state index in [-0.39, 0.29) is 0 Å². The van der Waals surface area contributed by atoms with Gasteiger partial charge in [0, 0.05) is 13.1 Å². The molecule has 0 radical (unpaired) electrons. The number of aromatic nitrogens is 2. The van der Waals surface area contributed by atoms with Crippen LogP contribution in [0.4, 0.5) is 11.6 Å². The van der Waals surface area contributed by atoms with Gasteiger partial charge in [-0.1, -0.05) is 18.2 Å². The van der Waals surface area contributed by atoms with E-state index in [4.69, 9.17) is 5.73 Å². The van der Waals surface area contributed by atoms with E-state index in [0.29, 0.717) is 5.82 Å². The molecule has 15 heavy (non-hydrogen) atoms. The molecule has 0 unspecified atom stereocenters. The largest absolute Gasteiger partial charge is 0.384 e. The van der Waals surface area contributed by atoms with Gasteiger partial charge in [0.05, 0.1) is 5.69 Å². The fourth-order valence-electron chi connectivity index (χ4n) is 1.51. The quantitative estimate of drug-likeness (QED) is 0.780. The molecule has 0 atom stereocenters. The molecular weight excluding hydrogens is 188 g/mol. The Hall–Kier alpha value is -1.97. The van der Waals surface area contributed by atoms with Crippen molar-refractivity contribution < 1.29 is 0 Å². The first-order chi connectivity index (χ1) is 7.22. The fraction of sp³-hybridized carbons (Fsp3) is 0.182. The standard InChI is InChI=1S/C11H14N4/c1-8-5-3-4-6-9(8)15-10(12)7-11(13-2)14-15/h3-7H,12H2,1-2H3,(H,13,14). The summed E-state index contributed by atoms with van der Waals surface area (Å²) in [4.78, 5) is 0. The van der Waals surface area contributed by atoms with Crippen LogP contribution in [-0.4, -0.2) is 16.8 Å². The normalized spacial score (nSPS) is 10.3. The van der Waals surface area contributed by atoms with Gasteiger partial charge >= 0.3 is 0 Å². The third-order valence-electron chi connectivity index (χ3n) is 2.34. The molecule has 0 saturated carbocycles. The van der Waals surface area contributed by atoms with Crippen LogP contribution in [0.5, 0.6) is 0 Å². The first kappa shape index (κ1) is 9.58. The lowest BCUT2D eigenvalue weighted by atomic mass is 10.2. The molecule has 0 aliphatic heterocycles. The van der Waals surface area contributed by atoms with E-state index in [2.05, 4.69) is 10.4 Å². The molecule has 0 aliphatic carbocycles. The molecule has 0 fully saturated rings. The maximum atomic E-state index is 5.88. The van der Waals surface area contributed by atoms with Crippen LogP contribution < -0.4 is 11.1 Å². The molecule has 1 heterocycles. The molecule has 4 heteroatoms. The van der Waals surface area contributed by atoms with Gasteiger partial charge in [0.25, 0.3) is 0 Å². The minimum atomic E-state index is 0.633. The van der Waals surface area contributed by atoms with E-state index in [1.807, 2.05) is 44.3 Å². The molecule has 4 nitrogen and oxygen atoms in total. The lowest BCUT2D eigenvalue weighted by Crippen LogP contribution is -2.03. The highest BCUT2D eigenvalue weighted by atomic mass is 15.3. The summed E-state index contributed by atoms with van der Waals surface area (Å²) in [6.45, 7) is 2.04. The summed E-state index contributed by atoms with van der Waals surface area (Å²) >= 11 is 0. The van der Waals surface area contributed by atoms with Gasteiger partial charge in [-0.3, -0.25) is 0 Å². The Balaban J connectivity index is 2.54. The van der Waals surface area contributed by atoms with Crippen LogP contribution in [0.25, 0.3) is 5.69 Å². The summed E-state index contributed by atoms with van der Waals surface area (Å²) in [6, 6.07) is 9.82. The summed E-state index contributed by atoms with van der Waals surface area (Å²) in [5, 5.41) is 7.31. The van der Waals surface area contributed by atoms with E-state index >= 15 is 0 Å². The third-order valence-corrected chi connectivity index (χ3v) is 2.34. The number of hydrogen-bond donors (Lipinski definition) is 2. The Morgan fingerprint density at radius 1 is 1.33 bits per heavy atom. The minimum absolute atomic E-state index is 0.633. The van der Waals surface area contributed by atoms with Gasteiger partial charge in [0.2, 0.25) is 0 Å². The average molecular weight is 202 g/mol. The van der Waals surface area contributed by atoms with E-state index in [0.717, 1.165) is 17.1 Å². The van der Waals surface area contributed by atoms with Crippen molar-refractivity contribution >= 4 is 11.6 Å². The SMILES string of the molecule is CNc1cc(N)n(-c2ccccc2C)n1. The van der Waals surface area contributed by atoms with Crippen LogP contribution in [0, 0.1) is 6.92 Å². The Morgan fingerprint density at radius 2 is 2.07 bits per heavy atom. The lowest BCUT2D eigenvalue weighted by Gasteiger charge is -2.06. The van der Waals surface area contributed by atoms with Gasteiger partial charge in [0.15, 0.2) is 0 Å². The van der Waals surface area contributed by atoms with E-state index in [1.165, 1.54) is 0 Å². The molecular formula is C11H14N4. The maximum Gasteiger partial charge on any atom is 0.150 e. The zero-order valence-electron chi connectivity index (χ0n) is 8.86. The van der Waals surface area contributed by atoms with Gasteiger partial charge in [0.1, 0.15) is 11.6 Å². The number of aryl methyl sites for hydroxylation is 1. The number of nitrogens with two attached hydrogens (primary N) is 1. The molecule has 0 aliphatic rings. The highest BCUT2D eigenvalue weighted by molar-refractivity contribution is 5.52. The highest BCUT2D eigenvalue weighted by Crippen LogP contribution is 2.19. The van der Waals surface area contributed by atoms with Crippen LogP contribution in [0.15, 0.2) is 30.3 Å². The predicted octanol–water partition coefficient (Wildman–Crippen LogP) is 1.80. The Labute approximate surface area is 88.7 Å². The first-order valence-electron chi connectivity index (χ1n) is 4.81. The second-order valence-electron chi connectivity index (χ2n) is 3.40. The topological polar surface area (TPSA) is 55.9 Å². The molecule has 0 spiro atoms. The van der Waals surface area contributed by atoms with E-state index in [9.17, 15) is 0 Å². The highest BCUT2D eigenvalue weighted by Gasteiger charge is 2.07. The Kier molecular flexibility index (Phi) is 2.33. The fourth-order valence-corrected chi connectivity index (χ4v) is 1.51. The Bertz CT molecular complexity index is 473. The zero-order valence-corrected chi connectivity index (χ0v) is 8.86. The maximum absolute atomic E-state index is 5.88. The summed E-state index contributed by atoms with van der Waals surface area (Å²) in [6.07, 6.45) is 0. The van der Waals surface area contributed by atoms with Gasteiger partial charge in [-0.05, 0) is 18.6 Å². The van der Waals surface area contributed by atoms with Crippen molar-refractivity contribution in [2.75, 3.05) is 18.1 Å². The smallest absolute Gasteiger partial charge is 0.150 e. The molecule has 0 bridgehead atoms. The van der Waals surface area contributed by atoms with E-state index in [1.54, 1.807) is 4.68 Å². The number of para-hydroxylation sites is 1. The van der Waals surface area contributed by atoms with Gasteiger partial charge in [-0.2, -0.15) is 0 Å². The lowest BCUT2D eigenvalue weighted by molar-refractivity contribution is 0.886. The minimum Gasteiger partial charge on any atom is -0.384 e. The van der Waals surface area contributed by atoms with Crippen molar-refractivity contribution in [2.24, 2.45) is 0 Å². The van der Waals surface area contributed by atoms with Crippen molar-refractivity contribution in [3.63, 3.8) is 0 Å². The monoisotopic (exact) mass is 202 g/mol. The number of benzene rings is 1. The molecule has 1 aromatic heterocycles. The molecule has 1 aromatic carbocycles. The summed E-state index contributed by atoms with van der Waals surface area (Å²) in [5.74, 6) is 1.41. The average Bonchev–Trinajstić information content (AvgIpc) is 2.60. The first-order valence-corrected chi connectivity index (χ1v) is 4.81. The summed E-state index contributed by atoms with van der Waals surface area (Å²) in [7, 11) is 1.82. The number of rotatable bonds is 2. The summed E-state index contributed by atoms with van der Waals surface area (Å²) < 4.78 is 1.74. The second kappa shape index (κ2) is 3.65. The molecule has 78 valence electrons. The third kappa shape index (κ3) is 1.66. The van der Waals surface area contributed by atoms with Crippen LogP contribution in [0.2, 0.25) is 0 Å². The van der Waals surface area contributed by atoms with Crippen LogP contribution in [0.3, 0.4) is 0 Å². The predicted molar refractivity (Wildman–Crippen MR) is 62.3 cm³/mol. The van der Waals surface area contributed by atoms with Crippen LogP contribution in [0.1, 0.15) is 5.56 Å². The van der Waals surface area contributed by atoms with Gasteiger partial charge in [-0.15, -0.1) is 5.10 Å². The summed E-state index contributed by atoms with van der Waals surface area (Å²) in [5.41, 5.74) is 8.04. The van der Waals surface area contributed by atoms with Crippen molar-refractivity contribution in [2.45, 2.75) is 6.92 Å². The molecule has 2 aromatic rings. The second-order valence-corrected chi connectivity index (χ2v) is 3.40. The molecule has 3 N–H and O–H groups in total. The number of nitrogen functional groups attached to an aromatic ring is 1. The van der Waals surface area contributed by atoms with Crippen LogP contribution >= 0.6 is 0 Å². The van der Waals surface area contributed by atoms with Crippen LogP contribution in [-0.2, 0) is 0 Å². The Morgan fingerprint density at radius 3 is 2.67 bits per heavy atom. The van der Waals surface area contributed by atoms with E-state index < -0.39 is 0 Å². The number of nitrogens with zero attached hydrogens (tertiary/aromatic N) is 2. The van der Waals surface area contributed by atoms with Crippen molar-refractivity contribution in [3.8, 4) is 5.69 Å². The molecule has 0 saturated heterocycles. The number of anilines is 2. The van der Waals surface area contributed by atoms with Crippen molar-refractivity contribution in [1.82, 2.24) is 9.78 Å². The van der Waals surface area contributed by atoms with Gasteiger partial charge in [-0.25, -0.2) is 4.68 Å². The number of hydrogen-bond acceptors (Lipinski definition) is 3. The van der Waals surface area contributed by atoms with Crippen molar-refractivity contribution in [3.05, 3.63) is 35.9 Å². The van der Waals surface area contributed by atoms with Crippen molar-refractivity contribution in [1.29, 1.82) is 0 Å². The molecule has 0 amide bonds. The molecule has 2 rings (SSSR count).